The summed E-state index contributed by atoms with van der Waals surface area (Å²) in [6.45, 7) is 6.65. The number of hydrogen-bond donors (Lipinski definition) is 0. The Balaban J connectivity index is 1.33. The lowest BCUT2D eigenvalue weighted by atomic mass is 10.1. The summed E-state index contributed by atoms with van der Waals surface area (Å²) < 4.78 is 6.88. The number of carbonyl (C=O) groups excluding carboxylic acids is 1. The molecule has 1 aliphatic heterocycles. The predicted molar refractivity (Wildman–Crippen MR) is 102 cm³/mol. The van der Waals surface area contributed by atoms with Gasteiger partial charge in [0.1, 0.15) is 17.9 Å². The fraction of sp³-hybridized carbons (Fsp3) is 0.421. The topological polar surface area (TPSA) is 93.2 Å². The van der Waals surface area contributed by atoms with Gasteiger partial charge >= 0.3 is 0 Å². The van der Waals surface area contributed by atoms with Gasteiger partial charge in [0.2, 0.25) is 5.91 Å². The van der Waals surface area contributed by atoms with E-state index in [9.17, 15) is 4.79 Å². The van der Waals surface area contributed by atoms with Crippen molar-refractivity contribution < 1.29 is 9.32 Å². The highest BCUT2D eigenvalue weighted by atomic mass is 16.5. The fourth-order valence-electron chi connectivity index (χ4n) is 3.47. The predicted octanol–water partition coefficient (Wildman–Crippen LogP) is 1.55. The quantitative estimate of drug-likeness (QED) is 0.662. The van der Waals surface area contributed by atoms with Gasteiger partial charge in [-0.25, -0.2) is 14.6 Å². The molecule has 3 aromatic heterocycles. The van der Waals surface area contributed by atoms with Gasteiger partial charge in [-0.3, -0.25) is 4.79 Å². The lowest BCUT2D eigenvalue weighted by Crippen LogP contribution is -2.49. The Kier molecular flexibility index (Phi) is 5.05. The summed E-state index contributed by atoms with van der Waals surface area (Å²) >= 11 is 0. The van der Waals surface area contributed by atoms with E-state index in [2.05, 4.69) is 25.1 Å². The molecule has 0 aromatic carbocycles. The van der Waals surface area contributed by atoms with Crippen LogP contribution in [0, 0.1) is 13.8 Å². The van der Waals surface area contributed by atoms with Gasteiger partial charge in [0.05, 0.1) is 5.69 Å². The van der Waals surface area contributed by atoms with Crippen LogP contribution in [0.15, 0.2) is 35.4 Å². The molecule has 0 saturated carbocycles. The molecule has 1 fully saturated rings. The van der Waals surface area contributed by atoms with Gasteiger partial charge < -0.3 is 14.3 Å². The lowest BCUT2D eigenvalue weighted by molar-refractivity contribution is -0.131. The third-order valence-corrected chi connectivity index (χ3v) is 5.10. The third-order valence-electron chi connectivity index (χ3n) is 5.10. The minimum atomic E-state index is 0.166. The van der Waals surface area contributed by atoms with Crippen LogP contribution >= 0.6 is 0 Å². The first-order valence-electron chi connectivity index (χ1n) is 9.38. The van der Waals surface area contributed by atoms with Crippen LogP contribution in [0.4, 0.5) is 5.82 Å². The van der Waals surface area contributed by atoms with E-state index in [0.717, 1.165) is 41.7 Å². The van der Waals surface area contributed by atoms with Gasteiger partial charge in [-0.1, -0.05) is 5.16 Å². The van der Waals surface area contributed by atoms with Crippen LogP contribution in [0.25, 0.3) is 5.82 Å². The van der Waals surface area contributed by atoms with Crippen LogP contribution in [0.3, 0.4) is 0 Å². The highest BCUT2D eigenvalue weighted by molar-refractivity contribution is 5.76. The Morgan fingerprint density at radius 2 is 1.93 bits per heavy atom. The van der Waals surface area contributed by atoms with Crippen LogP contribution in [0.2, 0.25) is 0 Å². The first-order valence-corrected chi connectivity index (χ1v) is 9.38. The number of anilines is 1. The number of amides is 1. The molecule has 9 nitrogen and oxygen atoms in total. The number of aryl methyl sites for hydroxylation is 2. The summed E-state index contributed by atoms with van der Waals surface area (Å²) in [6, 6.07) is 3.77. The average molecular weight is 381 g/mol. The minimum Gasteiger partial charge on any atom is -0.361 e. The molecule has 0 N–H and O–H groups in total. The number of aromatic nitrogens is 5. The summed E-state index contributed by atoms with van der Waals surface area (Å²) in [5.41, 5.74) is 1.91. The smallest absolute Gasteiger partial charge is 0.223 e. The Morgan fingerprint density at radius 3 is 2.61 bits per heavy atom. The van der Waals surface area contributed by atoms with E-state index >= 15 is 0 Å². The summed E-state index contributed by atoms with van der Waals surface area (Å²) in [7, 11) is 0. The SMILES string of the molecule is Cc1noc(C)c1CCC(=O)N1CCN(c2cc(-n3cccn3)ncn2)CC1. The summed E-state index contributed by atoms with van der Waals surface area (Å²) in [5.74, 6) is 2.54. The zero-order valence-electron chi connectivity index (χ0n) is 16.1. The molecule has 3 aromatic rings. The maximum absolute atomic E-state index is 12.6. The van der Waals surface area contributed by atoms with E-state index in [1.165, 1.54) is 0 Å². The molecule has 1 aliphatic rings. The van der Waals surface area contributed by atoms with Crippen LogP contribution in [-0.4, -0.2) is 61.9 Å². The molecular formula is C19H23N7O2. The maximum atomic E-state index is 12.6. The Labute approximate surface area is 163 Å². The molecular weight excluding hydrogens is 358 g/mol. The van der Waals surface area contributed by atoms with Crippen LogP contribution in [0.5, 0.6) is 0 Å². The zero-order chi connectivity index (χ0) is 19.5. The molecule has 146 valence electrons. The second-order valence-electron chi connectivity index (χ2n) is 6.86. The first kappa shape index (κ1) is 18.1. The van der Waals surface area contributed by atoms with Gasteiger partial charge in [-0.05, 0) is 26.3 Å². The normalized spacial score (nSPS) is 14.5. The molecule has 1 amide bonds. The van der Waals surface area contributed by atoms with Crippen molar-refractivity contribution in [3.05, 3.63) is 47.9 Å². The van der Waals surface area contributed by atoms with E-state index in [1.807, 2.05) is 37.1 Å². The largest absolute Gasteiger partial charge is 0.361 e. The van der Waals surface area contributed by atoms with Crippen molar-refractivity contribution in [1.29, 1.82) is 0 Å². The van der Waals surface area contributed by atoms with Crippen LogP contribution in [-0.2, 0) is 11.2 Å². The zero-order valence-corrected chi connectivity index (χ0v) is 16.1. The molecule has 1 saturated heterocycles. The monoisotopic (exact) mass is 381 g/mol. The maximum Gasteiger partial charge on any atom is 0.223 e. The lowest BCUT2D eigenvalue weighted by Gasteiger charge is -2.35. The molecule has 0 aliphatic carbocycles. The van der Waals surface area contributed by atoms with Gasteiger partial charge in [0, 0.05) is 56.6 Å². The van der Waals surface area contributed by atoms with Crippen molar-refractivity contribution in [2.75, 3.05) is 31.1 Å². The molecule has 0 bridgehead atoms. The molecule has 0 atom stereocenters. The van der Waals surface area contributed by atoms with E-state index in [0.29, 0.717) is 25.9 Å². The first-order chi connectivity index (χ1) is 13.6. The average Bonchev–Trinajstić information content (AvgIpc) is 3.37. The number of rotatable bonds is 5. The fourth-order valence-corrected chi connectivity index (χ4v) is 3.47. The summed E-state index contributed by atoms with van der Waals surface area (Å²) in [4.78, 5) is 25.3. The number of nitrogens with zero attached hydrogens (tertiary/aromatic N) is 7. The van der Waals surface area contributed by atoms with Crippen molar-refractivity contribution in [2.24, 2.45) is 0 Å². The van der Waals surface area contributed by atoms with E-state index < -0.39 is 0 Å². The minimum absolute atomic E-state index is 0.166. The van der Waals surface area contributed by atoms with Gasteiger partial charge in [-0.2, -0.15) is 5.10 Å². The summed E-state index contributed by atoms with van der Waals surface area (Å²) in [5, 5.41) is 8.16. The molecule has 4 rings (SSSR count). The van der Waals surface area contributed by atoms with Crippen molar-refractivity contribution in [2.45, 2.75) is 26.7 Å². The van der Waals surface area contributed by atoms with Gasteiger partial charge in [0.15, 0.2) is 5.82 Å². The second kappa shape index (κ2) is 7.79. The highest BCUT2D eigenvalue weighted by Gasteiger charge is 2.23. The van der Waals surface area contributed by atoms with E-state index in [-0.39, 0.29) is 5.91 Å². The van der Waals surface area contributed by atoms with Gasteiger partial charge in [0.25, 0.3) is 0 Å². The Morgan fingerprint density at radius 1 is 1.14 bits per heavy atom. The van der Waals surface area contributed by atoms with Crippen molar-refractivity contribution in [1.82, 2.24) is 29.8 Å². The van der Waals surface area contributed by atoms with Crippen LogP contribution < -0.4 is 4.90 Å². The van der Waals surface area contributed by atoms with E-state index in [4.69, 9.17) is 4.52 Å². The molecule has 28 heavy (non-hydrogen) atoms. The molecule has 0 spiro atoms. The Bertz CT molecular complexity index is 924. The van der Waals surface area contributed by atoms with Crippen molar-refractivity contribution >= 4 is 11.7 Å². The van der Waals surface area contributed by atoms with Crippen LogP contribution in [0.1, 0.15) is 23.4 Å². The standard InChI is InChI=1S/C19H23N7O2/c1-14-16(15(2)28-23-14)4-5-19(27)25-10-8-24(9-11-25)17-12-18(21-13-20-17)26-7-3-6-22-26/h3,6-7,12-13H,4-5,8-11H2,1-2H3. The number of carbonyl (C=O) groups is 1. The summed E-state index contributed by atoms with van der Waals surface area (Å²) in [6.07, 6.45) is 6.25. The highest BCUT2D eigenvalue weighted by Crippen LogP contribution is 2.18. The number of hydrogen-bond acceptors (Lipinski definition) is 7. The van der Waals surface area contributed by atoms with Crippen molar-refractivity contribution in [3.63, 3.8) is 0 Å². The molecule has 0 unspecified atom stereocenters. The third kappa shape index (κ3) is 3.73. The molecule has 4 heterocycles. The Hall–Kier alpha value is -3.23. The van der Waals surface area contributed by atoms with Crippen molar-refractivity contribution in [3.8, 4) is 5.82 Å². The van der Waals surface area contributed by atoms with Gasteiger partial charge in [-0.15, -0.1) is 0 Å². The van der Waals surface area contributed by atoms with E-state index in [1.54, 1.807) is 17.2 Å². The second-order valence-corrected chi connectivity index (χ2v) is 6.86. The molecule has 9 heteroatoms. The molecule has 0 radical (unpaired) electrons. The number of piperazine rings is 1.